The zero-order valence-electron chi connectivity index (χ0n) is 29.4. The minimum absolute atomic E-state index is 0.0306. The van der Waals surface area contributed by atoms with Gasteiger partial charge in [-0.3, -0.25) is 19.3 Å². The quantitative estimate of drug-likeness (QED) is 0.222. The summed E-state index contributed by atoms with van der Waals surface area (Å²) in [5, 5.41) is 2.95. The van der Waals surface area contributed by atoms with Crippen LogP contribution in [0.3, 0.4) is 0 Å². The van der Waals surface area contributed by atoms with E-state index in [4.69, 9.17) is 18.6 Å². The van der Waals surface area contributed by atoms with Gasteiger partial charge in [-0.05, 0) is 102 Å². The molecule has 2 aliphatic carbocycles. The monoisotopic (exact) mass is 662 g/mol. The number of aromatic nitrogens is 2. The van der Waals surface area contributed by atoms with Gasteiger partial charge < -0.3 is 18.9 Å². The molecule has 1 N–H and O–H groups in total. The van der Waals surface area contributed by atoms with Crippen LogP contribution >= 0.6 is 0 Å². The summed E-state index contributed by atoms with van der Waals surface area (Å²) < 4.78 is 17.4. The van der Waals surface area contributed by atoms with Crippen molar-refractivity contribution in [3.63, 3.8) is 0 Å². The van der Waals surface area contributed by atoms with Gasteiger partial charge in [-0.2, -0.15) is 0 Å². The third-order valence-corrected chi connectivity index (χ3v) is 9.89. The summed E-state index contributed by atoms with van der Waals surface area (Å²) in [4.78, 5) is 48.8. The van der Waals surface area contributed by atoms with Gasteiger partial charge in [-0.25, -0.2) is 9.97 Å². The lowest BCUT2D eigenvalue weighted by atomic mass is 9.99. The summed E-state index contributed by atoms with van der Waals surface area (Å²) >= 11 is 0. The highest BCUT2D eigenvalue weighted by atomic mass is 16.5. The van der Waals surface area contributed by atoms with Crippen molar-refractivity contribution >= 4 is 28.1 Å². The number of nitrogens with zero attached hydrogens (tertiary/aromatic N) is 3. The Labute approximate surface area is 284 Å². The van der Waals surface area contributed by atoms with E-state index in [2.05, 4.69) is 15.2 Å². The average molecular weight is 663 g/mol. The topological polar surface area (TPSA) is 128 Å². The van der Waals surface area contributed by atoms with Crippen molar-refractivity contribution in [3.8, 4) is 22.9 Å². The molecule has 2 aromatic carbocycles. The summed E-state index contributed by atoms with van der Waals surface area (Å²) in [6.07, 6.45) is 0. The average Bonchev–Trinajstić information content (AvgIpc) is 3.12. The normalized spacial score (nSPS) is 13.6. The lowest BCUT2D eigenvalue weighted by Gasteiger charge is -2.26. The van der Waals surface area contributed by atoms with Crippen LogP contribution in [0.25, 0.3) is 45.1 Å². The van der Waals surface area contributed by atoms with Gasteiger partial charge >= 0.3 is 0 Å². The Morgan fingerprint density at radius 2 is 1.29 bits per heavy atom. The van der Waals surface area contributed by atoms with Crippen LogP contribution < -0.4 is 16.2 Å². The molecule has 7 rings (SSSR count). The molecule has 1 fully saturated rings. The van der Waals surface area contributed by atoms with E-state index in [1.54, 1.807) is 39.0 Å². The van der Waals surface area contributed by atoms with E-state index < -0.39 is 0 Å². The van der Waals surface area contributed by atoms with Gasteiger partial charge in [0.2, 0.25) is 0 Å². The third kappa shape index (κ3) is 6.34. The van der Waals surface area contributed by atoms with Crippen LogP contribution in [0.1, 0.15) is 54.9 Å². The van der Waals surface area contributed by atoms with Gasteiger partial charge in [0.25, 0.3) is 5.91 Å². The van der Waals surface area contributed by atoms with Gasteiger partial charge in [0, 0.05) is 54.0 Å². The van der Waals surface area contributed by atoms with E-state index in [1.165, 1.54) is 0 Å². The molecule has 0 bridgehead atoms. The molecule has 0 spiro atoms. The largest absolute Gasteiger partial charge is 0.452 e. The van der Waals surface area contributed by atoms with Crippen LogP contribution in [-0.4, -0.2) is 60.2 Å². The summed E-state index contributed by atoms with van der Waals surface area (Å²) in [7, 11) is 0. The first-order chi connectivity index (χ1) is 23.4. The highest BCUT2D eigenvalue weighted by Gasteiger charge is 2.22. The van der Waals surface area contributed by atoms with Crippen LogP contribution in [0, 0.1) is 55.4 Å². The zero-order valence-corrected chi connectivity index (χ0v) is 29.4. The Balaban J connectivity index is 0.000000182. The second kappa shape index (κ2) is 13.5. The fourth-order valence-corrected chi connectivity index (χ4v) is 6.21. The maximum Gasteiger partial charge on any atom is 0.251 e. The Bertz CT molecular complexity index is 2300. The Morgan fingerprint density at radius 3 is 1.92 bits per heavy atom. The van der Waals surface area contributed by atoms with E-state index in [-0.39, 0.29) is 16.8 Å². The molecule has 3 heterocycles. The van der Waals surface area contributed by atoms with E-state index in [0.29, 0.717) is 57.1 Å². The Morgan fingerprint density at radius 1 is 0.714 bits per heavy atom. The number of morpholine rings is 1. The number of aryl methyl sites for hydroxylation is 2. The standard InChI is InChI=1S/C22H25N3O4.C17H17NO2/c1-13-14(2)20(26)15(3)21-19(13)24-17-5-4-16(12-18(17)29-21)22(27)23-6-7-25-8-10-28-11-9-25;1-8-6-7-13-16(9(8)2)20-17-12(5)15(19)11(4)10(3)14(17)18-13/h4-5,12H,6-11H2,1-3H3,(H,23,27);6-7H,1-5H3. The van der Waals surface area contributed by atoms with Crippen molar-refractivity contribution in [1.82, 2.24) is 20.2 Å². The van der Waals surface area contributed by atoms with Crippen molar-refractivity contribution in [3.05, 3.63) is 101 Å². The van der Waals surface area contributed by atoms with Crippen LogP contribution in [-0.2, 0) is 4.74 Å². The molecule has 2 aromatic rings. The summed E-state index contributed by atoms with van der Waals surface area (Å²) in [5.74, 6) is 0.937. The molecule has 1 amide bonds. The van der Waals surface area contributed by atoms with Crippen LogP contribution in [0.5, 0.6) is 0 Å². The van der Waals surface area contributed by atoms with Gasteiger partial charge in [0.05, 0.1) is 13.2 Å². The predicted octanol–water partition coefficient (Wildman–Crippen LogP) is 6.11. The number of benzene rings is 4. The van der Waals surface area contributed by atoms with Crippen LogP contribution in [0.15, 0.2) is 48.8 Å². The molecule has 0 radical (unpaired) electrons. The molecule has 3 aliphatic heterocycles. The summed E-state index contributed by atoms with van der Waals surface area (Å²) in [6, 6.07) is 9.23. The van der Waals surface area contributed by atoms with E-state index >= 15 is 0 Å². The van der Waals surface area contributed by atoms with Crippen molar-refractivity contribution in [2.75, 3.05) is 39.4 Å². The van der Waals surface area contributed by atoms with E-state index in [0.717, 1.165) is 77.5 Å². The second-order valence-corrected chi connectivity index (χ2v) is 12.9. The van der Waals surface area contributed by atoms with Crippen molar-refractivity contribution in [1.29, 1.82) is 0 Å². The van der Waals surface area contributed by atoms with Crippen molar-refractivity contribution < 1.29 is 18.4 Å². The highest BCUT2D eigenvalue weighted by Crippen LogP contribution is 2.33. The smallest absolute Gasteiger partial charge is 0.251 e. The maximum absolute atomic E-state index is 12.5. The maximum atomic E-state index is 12.5. The first kappa shape index (κ1) is 34.0. The van der Waals surface area contributed by atoms with Gasteiger partial charge in [-0.15, -0.1) is 0 Å². The highest BCUT2D eigenvalue weighted by molar-refractivity contribution is 5.97. The number of fused-ring (bicyclic) bond motifs is 4. The second-order valence-electron chi connectivity index (χ2n) is 12.9. The molecule has 254 valence electrons. The first-order valence-electron chi connectivity index (χ1n) is 16.6. The van der Waals surface area contributed by atoms with Gasteiger partial charge in [0.15, 0.2) is 33.5 Å². The molecule has 0 saturated carbocycles. The van der Waals surface area contributed by atoms with Crippen molar-refractivity contribution in [2.45, 2.75) is 55.4 Å². The molecule has 10 nitrogen and oxygen atoms in total. The molecule has 0 atom stereocenters. The minimum Gasteiger partial charge on any atom is -0.452 e. The molecule has 49 heavy (non-hydrogen) atoms. The molecule has 10 heteroatoms. The summed E-state index contributed by atoms with van der Waals surface area (Å²) in [6.45, 7) is 19.7. The SMILES string of the molecule is Cc1c2nc3ccc(C(=O)NCCN4CCOCC4)cc3oc-2c(C)c(=O)c1C.Cc1ccc2nc3c(C)c(C)c(=O)c(C)c-3oc2c1C. The molecule has 0 aromatic heterocycles. The van der Waals surface area contributed by atoms with E-state index in [9.17, 15) is 14.4 Å². The Hall–Kier alpha value is -4.93. The predicted molar refractivity (Wildman–Crippen MR) is 191 cm³/mol. The molecular formula is C39H42N4O6. The number of amides is 1. The fourth-order valence-electron chi connectivity index (χ4n) is 6.21. The number of ether oxygens (including phenoxy) is 1. The number of hydrogen-bond donors (Lipinski definition) is 1. The van der Waals surface area contributed by atoms with Gasteiger partial charge in [-0.1, -0.05) is 6.07 Å². The first-order valence-corrected chi connectivity index (χ1v) is 16.6. The lowest BCUT2D eigenvalue weighted by Crippen LogP contribution is -2.41. The number of carbonyl (C=O) groups is 1. The number of hydrogen-bond acceptors (Lipinski definition) is 9. The zero-order chi connectivity index (χ0) is 35.1. The fraction of sp³-hybridized carbons (Fsp3) is 0.359. The van der Waals surface area contributed by atoms with Crippen LogP contribution in [0.4, 0.5) is 0 Å². The Kier molecular flexibility index (Phi) is 9.37. The molecule has 1 saturated heterocycles. The number of carbonyl (C=O) groups excluding carboxylic acids is 1. The summed E-state index contributed by atoms with van der Waals surface area (Å²) in [5.41, 5.74) is 11.3. The third-order valence-electron chi connectivity index (χ3n) is 9.89. The van der Waals surface area contributed by atoms with Gasteiger partial charge in [0.1, 0.15) is 22.4 Å². The van der Waals surface area contributed by atoms with Crippen molar-refractivity contribution in [2.24, 2.45) is 0 Å². The lowest BCUT2D eigenvalue weighted by molar-refractivity contribution is 0.0383. The van der Waals surface area contributed by atoms with Crippen LogP contribution in [0.2, 0.25) is 0 Å². The molecular weight excluding hydrogens is 620 g/mol. The molecule has 5 aliphatic rings. The number of nitrogens with one attached hydrogen (secondary N) is 1. The minimum atomic E-state index is -0.156. The molecule has 0 unspecified atom stereocenters. The number of rotatable bonds is 4. The van der Waals surface area contributed by atoms with E-state index in [1.807, 2.05) is 46.8 Å².